The molecule has 0 saturated heterocycles. The van der Waals surface area contributed by atoms with Crippen LogP contribution in [-0.4, -0.2) is 27.3 Å². The molecule has 0 fully saturated rings. The van der Waals surface area contributed by atoms with Gasteiger partial charge in [0.15, 0.2) is 0 Å². The third kappa shape index (κ3) is 1.30. The van der Waals surface area contributed by atoms with Gasteiger partial charge in [0.2, 0.25) is 20.2 Å². The van der Waals surface area contributed by atoms with E-state index in [2.05, 4.69) is 3.63 Å². The van der Waals surface area contributed by atoms with E-state index >= 15 is 0 Å². The van der Waals surface area contributed by atoms with Gasteiger partial charge in [0.05, 0.1) is 9.73 Å². The van der Waals surface area contributed by atoms with E-state index in [1.807, 2.05) is 0 Å². The molecule has 0 unspecified atom stereocenters. The van der Waals surface area contributed by atoms with E-state index in [0.717, 1.165) is 0 Å². The fourth-order valence-corrected chi connectivity index (χ4v) is 3.77. The van der Waals surface area contributed by atoms with E-state index in [0.29, 0.717) is 0 Å². The molecule has 5 nitrogen and oxygen atoms in total. The zero-order valence-electron chi connectivity index (χ0n) is 5.94. The smallest absolute Gasteiger partial charge is 0.220 e. The second kappa shape index (κ2) is 2.20. The normalized spacial score (nSPS) is 45.1. The summed E-state index contributed by atoms with van der Waals surface area (Å²) in [5.41, 5.74) is 0. The molecule has 0 bridgehead atoms. The molecule has 0 radical (unpaired) electrons. The quantitative estimate of drug-likeness (QED) is 0.527. The van der Waals surface area contributed by atoms with Crippen LogP contribution in [0.2, 0.25) is 0 Å². The first-order valence-corrected chi connectivity index (χ1v) is 5.57. The van der Waals surface area contributed by atoms with Crippen LogP contribution >= 0.6 is 0 Å². The van der Waals surface area contributed by atoms with E-state index in [1.165, 1.54) is 13.8 Å². The highest BCUT2D eigenvalue weighted by Gasteiger charge is 2.28. The van der Waals surface area contributed by atoms with Gasteiger partial charge >= 0.3 is 0 Å². The summed E-state index contributed by atoms with van der Waals surface area (Å²) in [6.45, 7) is 2.58. The predicted octanol–water partition coefficient (Wildman–Crippen LogP) is -0.254. The zero-order valence-corrected chi connectivity index (χ0v) is 7.57. The standard InChI is InChI=1S/C4H8O5S2/c1-3-4(2)11(7,8)9-10(3,5)6/h1-2H3,(H,5,6)(H,7,8). The van der Waals surface area contributed by atoms with Crippen LogP contribution in [-0.2, 0) is 23.8 Å². The fraction of sp³-hybridized carbons (Fsp3) is 0.500. The Kier molecular flexibility index (Phi) is 1.81. The molecule has 7 heteroatoms. The van der Waals surface area contributed by atoms with Crippen molar-refractivity contribution in [1.82, 2.24) is 0 Å². The molecule has 0 aromatic heterocycles. The lowest BCUT2D eigenvalue weighted by Gasteiger charge is -1.97. The van der Waals surface area contributed by atoms with Crippen LogP contribution in [0.1, 0.15) is 13.8 Å². The number of rotatable bonds is 0. The molecular weight excluding hydrogens is 192 g/mol. The van der Waals surface area contributed by atoms with Crippen molar-refractivity contribution in [3.63, 3.8) is 0 Å². The summed E-state index contributed by atoms with van der Waals surface area (Å²) in [6, 6.07) is 0. The summed E-state index contributed by atoms with van der Waals surface area (Å²) < 4.78 is 43.6. The van der Waals surface area contributed by atoms with Crippen LogP contribution in [0.4, 0.5) is 0 Å². The van der Waals surface area contributed by atoms with Crippen molar-refractivity contribution in [3.05, 3.63) is 0 Å². The minimum absolute atomic E-state index is 0.0648. The molecule has 0 aromatic rings. The third-order valence-electron chi connectivity index (χ3n) is 1.45. The van der Waals surface area contributed by atoms with Crippen molar-refractivity contribution in [1.29, 1.82) is 0 Å². The van der Waals surface area contributed by atoms with Gasteiger partial charge in [-0.25, -0.2) is 8.42 Å². The van der Waals surface area contributed by atoms with Crippen LogP contribution in [0.5, 0.6) is 0 Å². The van der Waals surface area contributed by atoms with Gasteiger partial charge in [0.1, 0.15) is 0 Å². The molecule has 11 heavy (non-hydrogen) atoms. The molecule has 2 N–H and O–H groups in total. The van der Waals surface area contributed by atoms with Crippen molar-refractivity contribution in [2.75, 3.05) is 0 Å². The van der Waals surface area contributed by atoms with E-state index in [-0.39, 0.29) is 9.73 Å². The Morgan fingerprint density at radius 3 is 1.45 bits per heavy atom. The molecule has 0 aromatic carbocycles. The summed E-state index contributed by atoms with van der Waals surface area (Å²) in [6.07, 6.45) is 0. The van der Waals surface area contributed by atoms with E-state index in [9.17, 15) is 8.42 Å². The molecule has 66 valence electrons. The van der Waals surface area contributed by atoms with Gasteiger partial charge in [-0.1, -0.05) is 0 Å². The van der Waals surface area contributed by atoms with Crippen LogP contribution in [0, 0.1) is 0 Å². The van der Waals surface area contributed by atoms with Gasteiger partial charge in [0, 0.05) is 0 Å². The molecule has 0 amide bonds. The summed E-state index contributed by atoms with van der Waals surface area (Å²) in [4.78, 5) is -0.130. The molecule has 0 saturated carbocycles. The Hall–Kier alpha value is -0.0800. The average molecular weight is 200 g/mol. The first-order chi connectivity index (χ1) is 4.77. The first-order valence-electron chi connectivity index (χ1n) is 2.69. The Morgan fingerprint density at radius 2 is 1.36 bits per heavy atom. The molecule has 1 aliphatic rings. The summed E-state index contributed by atoms with van der Waals surface area (Å²) >= 11 is 0. The molecule has 0 spiro atoms. The highest BCUT2D eigenvalue weighted by atomic mass is 32.3. The fourth-order valence-electron chi connectivity index (χ4n) is 0.590. The van der Waals surface area contributed by atoms with Gasteiger partial charge in [0.25, 0.3) is 0 Å². The maximum Gasteiger partial charge on any atom is 0.220 e. The Bertz CT molecular complexity index is 376. The molecule has 1 rings (SSSR count). The van der Waals surface area contributed by atoms with Crippen LogP contribution in [0.15, 0.2) is 0 Å². The monoisotopic (exact) mass is 200 g/mol. The lowest BCUT2D eigenvalue weighted by Crippen LogP contribution is -2.11. The van der Waals surface area contributed by atoms with Crippen LogP contribution < -0.4 is 0 Å². The zero-order chi connectivity index (χ0) is 8.86. The highest BCUT2D eigenvalue weighted by Crippen LogP contribution is 2.11. The van der Waals surface area contributed by atoms with Crippen molar-refractivity contribution in [2.24, 2.45) is 0 Å². The summed E-state index contributed by atoms with van der Waals surface area (Å²) in [5.74, 6) is 0. The van der Waals surface area contributed by atoms with Gasteiger partial charge in [-0.05, 0) is 13.8 Å². The largest absolute Gasteiger partial charge is 0.292 e. The molecule has 0 atom stereocenters. The maximum absolute atomic E-state index is 10.9. The Balaban J connectivity index is 3.52. The predicted molar refractivity (Wildman–Crippen MR) is 44.0 cm³/mol. The molecule has 0 aliphatic carbocycles. The van der Waals surface area contributed by atoms with Gasteiger partial charge in [-0.15, -0.1) is 0 Å². The lowest BCUT2D eigenvalue weighted by molar-refractivity contribution is 0.421. The minimum atomic E-state index is -3.68. The van der Waals surface area contributed by atoms with Gasteiger partial charge in [-0.2, -0.15) is 3.63 Å². The van der Waals surface area contributed by atoms with Crippen LogP contribution in [0.25, 0.3) is 0 Å². The summed E-state index contributed by atoms with van der Waals surface area (Å²) in [5, 5.41) is 0. The number of hydrogen-bond acceptors (Lipinski definition) is 3. The molecule has 1 heterocycles. The minimum Gasteiger partial charge on any atom is -0.292 e. The Labute approximate surface area is 65.5 Å². The first kappa shape index (κ1) is 9.01. The highest BCUT2D eigenvalue weighted by molar-refractivity contribution is 8.12. The van der Waals surface area contributed by atoms with E-state index in [1.54, 1.807) is 0 Å². The van der Waals surface area contributed by atoms with Gasteiger partial charge in [-0.3, -0.25) is 9.11 Å². The Morgan fingerprint density at radius 1 is 1.09 bits per heavy atom. The second-order valence-electron chi connectivity index (χ2n) is 2.13. The molecule has 1 aliphatic heterocycles. The van der Waals surface area contributed by atoms with E-state index < -0.39 is 20.2 Å². The maximum atomic E-state index is 10.9. The number of hydrogen-bond donors (Lipinski definition) is 2. The van der Waals surface area contributed by atoms with Crippen molar-refractivity contribution in [3.8, 4) is 0 Å². The third-order valence-corrected chi connectivity index (χ3v) is 5.22. The lowest BCUT2D eigenvalue weighted by atomic mass is 10.4. The van der Waals surface area contributed by atoms with Crippen molar-refractivity contribution >= 4 is 29.9 Å². The van der Waals surface area contributed by atoms with Crippen LogP contribution in [0.3, 0.4) is 0 Å². The second-order valence-corrected chi connectivity index (χ2v) is 5.80. The van der Waals surface area contributed by atoms with Crippen molar-refractivity contribution in [2.45, 2.75) is 13.8 Å². The van der Waals surface area contributed by atoms with E-state index in [4.69, 9.17) is 9.11 Å². The van der Waals surface area contributed by atoms with Gasteiger partial charge < -0.3 is 0 Å². The SMILES string of the molecule is CC1=S(=O)(O)OS(=O)(O)=C1C. The van der Waals surface area contributed by atoms with Crippen molar-refractivity contribution < 1.29 is 21.2 Å². The topological polar surface area (TPSA) is 83.8 Å². The molecular formula is C4H8O5S2. The average Bonchev–Trinajstić information content (AvgIpc) is 1.91. The summed E-state index contributed by atoms with van der Waals surface area (Å²) in [7, 11) is -7.36.